The second kappa shape index (κ2) is 10.5. The van der Waals surface area contributed by atoms with Gasteiger partial charge in [-0.2, -0.15) is 4.99 Å². The number of anilines is 1. The maximum atomic E-state index is 12.9. The van der Waals surface area contributed by atoms with Crippen LogP contribution in [0.5, 0.6) is 0 Å². The summed E-state index contributed by atoms with van der Waals surface area (Å²) >= 11 is 1.31. The molecule has 36 heavy (non-hydrogen) atoms. The number of carbonyl (C=O) groups excluding carboxylic acids is 2. The van der Waals surface area contributed by atoms with Crippen molar-refractivity contribution < 1.29 is 22.7 Å². The molecule has 0 saturated carbocycles. The lowest BCUT2D eigenvalue weighted by molar-refractivity contribution is 0.0526. The van der Waals surface area contributed by atoms with Crippen molar-refractivity contribution in [1.29, 1.82) is 0 Å². The van der Waals surface area contributed by atoms with Crippen molar-refractivity contribution >= 4 is 49.1 Å². The predicted molar refractivity (Wildman–Crippen MR) is 140 cm³/mol. The zero-order valence-corrected chi connectivity index (χ0v) is 21.7. The number of hydrogen-bond acceptors (Lipinski definition) is 6. The van der Waals surface area contributed by atoms with E-state index in [9.17, 15) is 18.0 Å². The van der Waals surface area contributed by atoms with E-state index in [1.807, 2.05) is 24.5 Å². The highest BCUT2D eigenvalue weighted by molar-refractivity contribution is 7.92. The van der Waals surface area contributed by atoms with E-state index in [2.05, 4.69) is 9.71 Å². The standard InChI is InChI=1S/C26H25N3O5S2/c1-4-29-22-15-10-19(25(31)34-5-2)16-23(22)35-26(29)27-24(30)18-8-11-20(12-9-18)28-36(32,33)21-13-6-17(3)7-14-21/h6-16,28H,4-5H2,1-3H3. The van der Waals surface area contributed by atoms with E-state index in [4.69, 9.17) is 4.74 Å². The molecule has 0 aliphatic rings. The highest BCUT2D eigenvalue weighted by Gasteiger charge is 2.15. The van der Waals surface area contributed by atoms with E-state index in [0.717, 1.165) is 15.8 Å². The molecule has 3 aromatic carbocycles. The number of nitrogens with one attached hydrogen (secondary N) is 1. The van der Waals surface area contributed by atoms with Crippen LogP contribution >= 0.6 is 11.3 Å². The Morgan fingerprint density at radius 1 is 0.972 bits per heavy atom. The Morgan fingerprint density at radius 2 is 1.64 bits per heavy atom. The van der Waals surface area contributed by atoms with Crippen LogP contribution in [0.15, 0.2) is 76.6 Å². The molecule has 1 N–H and O–H groups in total. The molecule has 1 amide bonds. The molecule has 1 heterocycles. The van der Waals surface area contributed by atoms with Gasteiger partial charge < -0.3 is 9.30 Å². The summed E-state index contributed by atoms with van der Waals surface area (Å²) in [6.45, 7) is 6.46. The molecule has 0 radical (unpaired) electrons. The van der Waals surface area contributed by atoms with Gasteiger partial charge in [0, 0.05) is 17.8 Å². The summed E-state index contributed by atoms with van der Waals surface area (Å²) in [7, 11) is -3.74. The number of hydrogen-bond donors (Lipinski definition) is 1. The molecule has 186 valence electrons. The second-order valence-corrected chi connectivity index (χ2v) is 10.6. The van der Waals surface area contributed by atoms with Crippen LogP contribution in [0.3, 0.4) is 0 Å². The molecule has 0 unspecified atom stereocenters. The molecule has 8 nitrogen and oxygen atoms in total. The van der Waals surface area contributed by atoms with Gasteiger partial charge >= 0.3 is 5.97 Å². The zero-order chi connectivity index (χ0) is 25.9. The number of benzene rings is 3. The normalized spacial score (nSPS) is 12.0. The Hall–Kier alpha value is -3.76. The quantitative estimate of drug-likeness (QED) is 0.352. The largest absolute Gasteiger partial charge is 0.462 e. The lowest BCUT2D eigenvalue weighted by Gasteiger charge is -2.08. The van der Waals surface area contributed by atoms with Crippen molar-refractivity contribution in [2.75, 3.05) is 11.3 Å². The van der Waals surface area contributed by atoms with Crippen molar-refractivity contribution in [2.24, 2.45) is 4.99 Å². The Bertz CT molecular complexity index is 1600. The van der Waals surface area contributed by atoms with E-state index in [0.29, 0.717) is 28.2 Å². The maximum absolute atomic E-state index is 12.9. The van der Waals surface area contributed by atoms with E-state index in [1.165, 1.54) is 47.7 Å². The summed E-state index contributed by atoms with van der Waals surface area (Å²) in [5.74, 6) is -0.856. The summed E-state index contributed by atoms with van der Waals surface area (Å²) in [5.41, 5.74) is 2.92. The number of carbonyl (C=O) groups is 2. The monoisotopic (exact) mass is 523 g/mol. The Morgan fingerprint density at radius 3 is 2.28 bits per heavy atom. The Labute approximate surface area is 212 Å². The average molecular weight is 524 g/mol. The summed E-state index contributed by atoms with van der Waals surface area (Å²) in [5, 5.41) is 0. The predicted octanol–water partition coefficient (Wildman–Crippen LogP) is 4.75. The third-order valence-electron chi connectivity index (χ3n) is 5.42. The molecular formula is C26H25N3O5S2. The molecule has 4 aromatic rings. The summed E-state index contributed by atoms with van der Waals surface area (Å²) in [6, 6.07) is 17.9. The zero-order valence-electron chi connectivity index (χ0n) is 20.0. The molecule has 0 saturated heterocycles. The molecule has 1 aromatic heterocycles. The van der Waals surface area contributed by atoms with Crippen molar-refractivity contribution in [3.8, 4) is 0 Å². The third kappa shape index (κ3) is 5.39. The van der Waals surface area contributed by atoms with Crippen molar-refractivity contribution in [2.45, 2.75) is 32.2 Å². The molecule has 0 fully saturated rings. The fourth-order valence-corrected chi connectivity index (χ4v) is 5.76. The first-order chi connectivity index (χ1) is 17.2. The molecule has 0 atom stereocenters. The van der Waals surface area contributed by atoms with Gasteiger partial charge in [0.25, 0.3) is 15.9 Å². The smallest absolute Gasteiger partial charge is 0.338 e. The van der Waals surface area contributed by atoms with E-state index >= 15 is 0 Å². The van der Waals surface area contributed by atoms with Crippen LogP contribution in [0.25, 0.3) is 10.2 Å². The number of rotatable bonds is 7. The highest BCUT2D eigenvalue weighted by atomic mass is 32.2. The average Bonchev–Trinajstić information content (AvgIpc) is 3.20. The number of nitrogens with zero attached hydrogens (tertiary/aromatic N) is 2. The Balaban J connectivity index is 1.58. The van der Waals surface area contributed by atoms with Gasteiger partial charge in [0.1, 0.15) is 0 Å². The SMILES string of the molecule is CCOC(=O)c1ccc2c(c1)sc(=NC(=O)c1ccc(NS(=O)(=O)c3ccc(C)cc3)cc1)n2CC. The minimum atomic E-state index is -3.74. The minimum absolute atomic E-state index is 0.156. The van der Waals surface area contributed by atoms with E-state index in [-0.39, 0.29) is 11.5 Å². The fraction of sp³-hybridized carbons (Fsp3) is 0.192. The van der Waals surface area contributed by atoms with Gasteiger partial charge in [-0.1, -0.05) is 29.0 Å². The summed E-state index contributed by atoms with van der Waals surface area (Å²) < 4.78 is 35.5. The van der Waals surface area contributed by atoms with E-state index < -0.39 is 21.9 Å². The van der Waals surface area contributed by atoms with Crippen LogP contribution in [-0.2, 0) is 21.3 Å². The van der Waals surface area contributed by atoms with Crippen LogP contribution in [0.4, 0.5) is 5.69 Å². The number of aromatic nitrogens is 1. The van der Waals surface area contributed by atoms with Crippen molar-refractivity contribution in [3.63, 3.8) is 0 Å². The third-order valence-corrected chi connectivity index (χ3v) is 7.86. The molecule has 10 heteroatoms. The van der Waals surface area contributed by atoms with Crippen molar-refractivity contribution in [3.05, 3.63) is 88.2 Å². The van der Waals surface area contributed by atoms with Gasteiger partial charge in [-0.05, 0) is 75.4 Å². The topological polar surface area (TPSA) is 107 Å². The van der Waals surface area contributed by atoms with Crippen LogP contribution in [0.1, 0.15) is 40.1 Å². The first kappa shape index (κ1) is 25.3. The van der Waals surface area contributed by atoms with Crippen LogP contribution in [0.2, 0.25) is 0 Å². The maximum Gasteiger partial charge on any atom is 0.338 e. The van der Waals surface area contributed by atoms with Crippen molar-refractivity contribution in [1.82, 2.24) is 4.57 Å². The lowest BCUT2D eigenvalue weighted by atomic mass is 10.2. The number of sulfonamides is 1. The number of fused-ring (bicyclic) bond motifs is 1. The molecule has 0 aliphatic heterocycles. The van der Waals surface area contributed by atoms with Gasteiger partial charge in [0.05, 0.1) is 27.3 Å². The van der Waals surface area contributed by atoms with Crippen LogP contribution < -0.4 is 9.52 Å². The molecule has 0 aliphatic carbocycles. The molecule has 0 bridgehead atoms. The molecular weight excluding hydrogens is 498 g/mol. The lowest BCUT2D eigenvalue weighted by Crippen LogP contribution is -2.16. The molecule has 4 rings (SSSR count). The highest BCUT2D eigenvalue weighted by Crippen LogP contribution is 2.21. The number of amides is 1. The first-order valence-corrected chi connectivity index (χ1v) is 13.6. The fourth-order valence-electron chi connectivity index (χ4n) is 3.57. The van der Waals surface area contributed by atoms with E-state index in [1.54, 1.807) is 31.2 Å². The summed E-state index contributed by atoms with van der Waals surface area (Å²) in [4.78, 5) is 29.9. The van der Waals surface area contributed by atoms with Gasteiger partial charge in [-0.25, -0.2) is 13.2 Å². The summed E-state index contributed by atoms with van der Waals surface area (Å²) in [6.07, 6.45) is 0. The number of ether oxygens (including phenoxy) is 1. The van der Waals surface area contributed by atoms with Gasteiger partial charge in [-0.3, -0.25) is 9.52 Å². The Kier molecular flexibility index (Phi) is 7.37. The number of esters is 1. The first-order valence-electron chi connectivity index (χ1n) is 11.3. The van der Waals surface area contributed by atoms with Crippen LogP contribution in [-0.4, -0.2) is 31.5 Å². The number of aryl methyl sites for hydroxylation is 2. The van der Waals surface area contributed by atoms with Crippen LogP contribution in [0, 0.1) is 6.92 Å². The van der Waals surface area contributed by atoms with Gasteiger partial charge in [-0.15, -0.1) is 0 Å². The second-order valence-electron chi connectivity index (χ2n) is 7.94. The van der Waals surface area contributed by atoms with Gasteiger partial charge in [0.15, 0.2) is 4.80 Å². The van der Waals surface area contributed by atoms with Gasteiger partial charge in [0.2, 0.25) is 0 Å². The number of thiazole rings is 1. The molecule has 0 spiro atoms. The minimum Gasteiger partial charge on any atom is -0.462 e.